The molecule has 7 rings (SSSR count). The second kappa shape index (κ2) is 17.5. The second-order valence-corrected chi connectivity index (χ2v) is 17.1. The zero-order valence-electron chi connectivity index (χ0n) is 32.8. The van der Waals surface area contributed by atoms with Crippen molar-refractivity contribution < 1.29 is 74.8 Å². The van der Waals surface area contributed by atoms with Gasteiger partial charge in [0.15, 0.2) is 23.6 Å². The lowest BCUT2D eigenvalue weighted by Gasteiger charge is -2.44. The molecule has 2 aliphatic carbocycles. The third kappa shape index (κ3) is 8.99. The van der Waals surface area contributed by atoms with Crippen molar-refractivity contribution in [1.29, 1.82) is 0 Å². The predicted molar refractivity (Wildman–Crippen MR) is 202 cm³/mol. The van der Waals surface area contributed by atoms with Gasteiger partial charge in [-0.25, -0.2) is 29.0 Å². The van der Waals surface area contributed by atoms with Crippen molar-refractivity contribution in [2.24, 2.45) is 29.6 Å². The average Bonchev–Trinajstić information content (AvgIpc) is 3.65. The Balaban J connectivity index is 0.956. The number of alkyl halides is 6. The Bertz CT molecular complexity index is 2040. The first-order chi connectivity index (χ1) is 29.2. The summed E-state index contributed by atoms with van der Waals surface area (Å²) in [6.45, 7) is 0.322. The molecule has 0 aromatic heterocycles. The minimum Gasteiger partial charge on any atom is -0.480 e. The van der Waals surface area contributed by atoms with Crippen LogP contribution in [-0.4, -0.2) is 105 Å². The zero-order chi connectivity index (χ0) is 44.8. The van der Waals surface area contributed by atoms with E-state index in [1.165, 1.54) is 30.5 Å². The highest BCUT2D eigenvalue weighted by Gasteiger charge is 2.58. The highest BCUT2D eigenvalue weighted by atomic mass is 35.5. The summed E-state index contributed by atoms with van der Waals surface area (Å²) in [6, 6.07) is -6.52. The van der Waals surface area contributed by atoms with Crippen LogP contribution in [-0.2, 0) is 25.6 Å². The lowest BCUT2D eigenvalue weighted by atomic mass is 9.77. The molecule has 0 bridgehead atoms. The number of dihydropyridines is 1. The van der Waals surface area contributed by atoms with Crippen molar-refractivity contribution in [2.45, 2.75) is 113 Å². The minimum absolute atomic E-state index is 0.0839. The van der Waals surface area contributed by atoms with Crippen molar-refractivity contribution in [3.63, 3.8) is 0 Å². The Kier molecular flexibility index (Phi) is 12.7. The predicted octanol–water partition coefficient (Wildman–Crippen LogP) is 5.82. The molecule has 338 valence electrons. The number of carboxylic acid groups (broad SMARTS) is 2. The number of para-hydroxylation sites is 1. The van der Waals surface area contributed by atoms with Crippen LogP contribution in [0.1, 0.15) is 69.8 Å². The van der Waals surface area contributed by atoms with Crippen LogP contribution in [0.25, 0.3) is 0 Å². The number of hydrogen-bond acceptors (Lipinski definition) is 9. The van der Waals surface area contributed by atoms with Crippen LogP contribution >= 0.6 is 11.6 Å². The molecule has 62 heavy (non-hydrogen) atoms. The van der Waals surface area contributed by atoms with Gasteiger partial charge in [0.25, 0.3) is 0 Å². The number of benzene rings is 1. The van der Waals surface area contributed by atoms with E-state index in [-0.39, 0.29) is 72.7 Å². The van der Waals surface area contributed by atoms with Crippen molar-refractivity contribution in [3.8, 4) is 11.5 Å². The second-order valence-electron chi connectivity index (χ2n) is 16.7. The molecule has 4 fully saturated rings. The number of halogens is 7. The maximum Gasteiger partial charge on any atom is 0.408 e. The fraction of sp³-hybridized carbons (Fsp3) is 0.600. The maximum absolute atomic E-state index is 14.5. The van der Waals surface area contributed by atoms with E-state index in [4.69, 9.17) is 21.1 Å². The molecule has 1 aromatic rings. The van der Waals surface area contributed by atoms with E-state index < -0.39 is 108 Å². The van der Waals surface area contributed by atoms with Gasteiger partial charge in [0.05, 0.1) is 18.4 Å². The first kappa shape index (κ1) is 44.8. The molecule has 0 spiro atoms. The largest absolute Gasteiger partial charge is 0.480 e. The molecule has 4 heterocycles. The molecule has 1 unspecified atom stereocenters. The van der Waals surface area contributed by atoms with Crippen LogP contribution in [0.4, 0.5) is 35.9 Å². The molecule has 15 nitrogen and oxygen atoms in total. The third-order valence-corrected chi connectivity index (χ3v) is 13.0. The quantitative estimate of drug-likeness (QED) is 0.132. The maximum atomic E-state index is 14.5. The number of carbonyl (C=O) groups is 6. The number of β-lactam (4-membered cyclic amide) rings is 2. The van der Waals surface area contributed by atoms with Gasteiger partial charge in [0, 0.05) is 17.2 Å². The lowest BCUT2D eigenvalue weighted by molar-refractivity contribution is -0.174. The molecular weight excluding hydrogens is 860 g/mol. The Labute approximate surface area is 355 Å². The normalized spacial score (nSPS) is 28.7. The van der Waals surface area contributed by atoms with Crippen LogP contribution in [0.15, 0.2) is 41.1 Å². The Morgan fingerprint density at radius 3 is 1.82 bits per heavy atom. The lowest BCUT2D eigenvalue weighted by Crippen LogP contribution is -2.70. The molecule has 2 saturated carbocycles. The number of amides is 6. The van der Waals surface area contributed by atoms with Crippen molar-refractivity contribution in [3.05, 3.63) is 46.6 Å². The number of nitrogens with one attached hydrogen (secondary N) is 3. The van der Waals surface area contributed by atoms with E-state index in [1.807, 2.05) is 10.6 Å². The van der Waals surface area contributed by atoms with Gasteiger partial charge in [-0.05, 0) is 86.5 Å². The van der Waals surface area contributed by atoms with Crippen LogP contribution in [0.5, 0.6) is 11.5 Å². The number of fused-ring (bicyclic) bond motifs is 1. The molecule has 2 saturated heterocycles. The Hall–Kier alpha value is -5.21. The molecule has 0 radical (unpaired) electrons. The van der Waals surface area contributed by atoms with E-state index in [2.05, 4.69) is 5.32 Å². The number of ether oxygens (including phenoxy) is 2. The summed E-state index contributed by atoms with van der Waals surface area (Å²) in [5.74, 6) is -9.88. The summed E-state index contributed by atoms with van der Waals surface area (Å²) in [5, 5.41) is 26.8. The molecule has 22 heteroatoms. The van der Waals surface area contributed by atoms with Gasteiger partial charge < -0.3 is 35.6 Å². The van der Waals surface area contributed by atoms with E-state index in [1.54, 1.807) is 0 Å². The van der Waals surface area contributed by atoms with Gasteiger partial charge in [0.2, 0.25) is 18.1 Å². The summed E-state index contributed by atoms with van der Waals surface area (Å²) in [7, 11) is 0. The summed E-state index contributed by atoms with van der Waals surface area (Å²) >= 11 is 6.01. The summed E-state index contributed by atoms with van der Waals surface area (Å²) in [4.78, 5) is 77.5. The Morgan fingerprint density at radius 2 is 1.31 bits per heavy atom. The van der Waals surface area contributed by atoms with Gasteiger partial charge in [-0.3, -0.25) is 9.59 Å². The average molecular weight is 904 g/mol. The number of rotatable bonds is 11. The zero-order valence-corrected chi connectivity index (χ0v) is 33.6. The van der Waals surface area contributed by atoms with E-state index >= 15 is 0 Å². The van der Waals surface area contributed by atoms with Crippen molar-refractivity contribution >= 4 is 47.4 Å². The number of allylic oxidation sites excluding steroid dienone is 2. The fourth-order valence-corrected chi connectivity index (χ4v) is 9.88. The van der Waals surface area contributed by atoms with E-state index in [0.717, 1.165) is 6.42 Å². The molecule has 6 amide bonds. The van der Waals surface area contributed by atoms with Crippen molar-refractivity contribution in [2.75, 3.05) is 6.54 Å². The first-order valence-electron chi connectivity index (χ1n) is 20.3. The fourth-order valence-electron chi connectivity index (χ4n) is 9.66. The third-order valence-electron chi connectivity index (χ3n) is 12.8. The molecule has 6 aliphatic rings. The van der Waals surface area contributed by atoms with Gasteiger partial charge in [-0.2, -0.15) is 26.3 Å². The van der Waals surface area contributed by atoms with Crippen LogP contribution in [0.2, 0.25) is 0 Å². The van der Waals surface area contributed by atoms with Crippen molar-refractivity contribution in [1.82, 2.24) is 25.8 Å². The van der Waals surface area contributed by atoms with Crippen LogP contribution in [0, 0.1) is 29.6 Å². The molecule has 5 N–H and O–H groups in total. The molecule has 7 atom stereocenters. The highest BCUT2D eigenvalue weighted by Crippen LogP contribution is 2.46. The standard InChI is InChI=1S/C40H44ClF6N5O10/c41-23-13-18(16-48-17-23)14-24-27(34(55)56)51(32(24)53)38(60)50-31(40(45,46)47)20-9-11-21(12-10-20)36-61-26-8-4-7-22(29(26)62-36)15-25-28(35(57)58)52(33(25)54)37(59)49-30(39(42,43)44)19-5-2-1-3-6-19/h4,7-8,13,16,19-21,24-25,27-28,30-31,36,48H,1-3,5-6,9-12,14-15,17H2,(H,49,59)(H,50,60)(H,55,56)(H,57,58)/t20?,21?,24-,25-,27+,28+,30+,31+,36?/m1/s1. The molecule has 1 aromatic carbocycles. The number of hydrogen-bond donors (Lipinski definition) is 5. The number of carbonyl (C=O) groups excluding carboxylic acids is 4. The number of likely N-dealkylation sites (tertiary alicyclic amines) is 2. The van der Waals surface area contributed by atoms with Gasteiger partial charge in [-0.15, -0.1) is 0 Å². The number of urea groups is 2. The topological polar surface area (TPSA) is 204 Å². The number of imide groups is 2. The van der Waals surface area contributed by atoms with Crippen LogP contribution in [0.3, 0.4) is 0 Å². The van der Waals surface area contributed by atoms with Gasteiger partial charge >= 0.3 is 36.4 Å². The number of nitrogens with zero attached hydrogens (tertiary/aromatic N) is 2. The van der Waals surface area contributed by atoms with E-state index in [0.29, 0.717) is 35.6 Å². The number of aliphatic carboxylic acids is 2. The smallest absolute Gasteiger partial charge is 0.408 e. The Morgan fingerprint density at radius 1 is 0.774 bits per heavy atom. The number of carboxylic acids is 2. The minimum atomic E-state index is -4.97. The summed E-state index contributed by atoms with van der Waals surface area (Å²) in [5.41, 5.74) is 0.782. The van der Waals surface area contributed by atoms with Gasteiger partial charge in [-0.1, -0.05) is 43.0 Å². The monoisotopic (exact) mass is 903 g/mol. The molecular formula is C40H44ClF6N5O10. The van der Waals surface area contributed by atoms with E-state index in [9.17, 15) is 65.3 Å². The first-order valence-corrected chi connectivity index (χ1v) is 20.7. The molecule has 4 aliphatic heterocycles. The van der Waals surface area contributed by atoms with Crippen LogP contribution < -0.4 is 25.4 Å². The van der Waals surface area contributed by atoms with Gasteiger partial charge in [0.1, 0.15) is 12.1 Å². The SMILES string of the molecule is O=C(O)[C@@H]1[C@@H](CC2=CNCC(Cl)=C2)C(=O)N1C(=O)N[C@@H](C1CCC(C2Oc3cccc(C[C@H]4C(=O)N(C(=O)N[C@@H](C5CCCCC5)C(F)(F)F)[C@@H]4C(=O)O)c3O2)CC1)C(F)(F)F. The highest BCUT2D eigenvalue weighted by molar-refractivity contribution is 6.30. The summed E-state index contributed by atoms with van der Waals surface area (Å²) < 4.78 is 97.6. The summed E-state index contributed by atoms with van der Waals surface area (Å²) in [6.07, 6.45) is -5.81.